The van der Waals surface area contributed by atoms with Crippen LogP contribution in [0.5, 0.6) is 0 Å². The minimum Gasteiger partial charge on any atom is -0.284 e. The van der Waals surface area contributed by atoms with Crippen LogP contribution in [-0.4, -0.2) is 11.3 Å². The molecule has 0 fully saturated rings. The Morgan fingerprint density at radius 1 is 1.00 bits per heavy atom. The zero-order valence-electron chi connectivity index (χ0n) is 15.3. The summed E-state index contributed by atoms with van der Waals surface area (Å²) in [6.07, 6.45) is 0. The molecule has 0 spiro atoms. The normalized spacial score (nSPS) is 20.2. The molecule has 0 heterocycles. The van der Waals surface area contributed by atoms with Gasteiger partial charge < -0.3 is 0 Å². The van der Waals surface area contributed by atoms with Crippen molar-refractivity contribution in [3.8, 4) is 0 Å². The molecule has 0 N–H and O–H groups in total. The smallest absolute Gasteiger partial charge is 0.0527 e. The Balaban J connectivity index is 2.59. The summed E-state index contributed by atoms with van der Waals surface area (Å²) in [5.41, 5.74) is 9.52. The van der Waals surface area contributed by atoms with E-state index in [1.54, 1.807) is 0 Å². The van der Waals surface area contributed by atoms with Gasteiger partial charge in [0.15, 0.2) is 0 Å². The highest BCUT2D eigenvalue weighted by atomic mass is 14.8. The molecule has 1 aromatic rings. The Bertz CT molecular complexity index is 678. The molecule has 1 nitrogen and oxygen atoms in total. The molecule has 1 atom stereocenters. The molecule has 0 aromatic heterocycles. The summed E-state index contributed by atoms with van der Waals surface area (Å²) >= 11 is 0. The first-order valence-corrected chi connectivity index (χ1v) is 8.18. The van der Waals surface area contributed by atoms with Crippen LogP contribution in [0.15, 0.2) is 46.0 Å². The fourth-order valence-corrected chi connectivity index (χ4v) is 3.40. The van der Waals surface area contributed by atoms with E-state index in [9.17, 15) is 0 Å². The van der Waals surface area contributed by atoms with Crippen LogP contribution in [0.4, 0.5) is 0 Å². The fraction of sp³-hybridized carbons (Fsp3) is 0.476. The van der Waals surface area contributed by atoms with E-state index in [0.29, 0.717) is 5.92 Å². The summed E-state index contributed by atoms with van der Waals surface area (Å²) in [5, 5.41) is 0. The molecule has 1 aromatic carbocycles. The van der Waals surface area contributed by atoms with Crippen molar-refractivity contribution in [1.29, 1.82) is 0 Å². The van der Waals surface area contributed by atoms with Gasteiger partial charge in [0.2, 0.25) is 0 Å². The Kier molecular flexibility index (Phi) is 4.47. The highest BCUT2D eigenvalue weighted by Gasteiger charge is 2.26. The van der Waals surface area contributed by atoms with Crippen LogP contribution in [0.3, 0.4) is 0 Å². The molecule has 2 rings (SSSR count). The lowest BCUT2D eigenvalue weighted by molar-refractivity contribution is 0.584. The van der Waals surface area contributed by atoms with Crippen molar-refractivity contribution in [1.82, 2.24) is 0 Å². The lowest BCUT2D eigenvalue weighted by Crippen LogP contribution is -2.14. The van der Waals surface area contributed by atoms with Crippen molar-refractivity contribution in [3.05, 3.63) is 52.1 Å². The molecule has 0 saturated heterocycles. The zero-order chi connectivity index (χ0) is 16.7. The standard InChI is InChI=1S/C21H29N/c1-13-14(2)16(4)20(15(13)3)19-12-10-9-11-18(19)17(5)22-21(6,7)8/h9-12,15H,1-8H3. The third-order valence-electron chi connectivity index (χ3n) is 4.75. The molecule has 0 amide bonds. The molecule has 0 aliphatic heterocycles. The van der Waals surface area contributed by atoms with Gasteiger partial charge in [-0.3, -0.25) is 4.99 Å². The summed E-state index contributed by atoms with van der Waals surface area (Å²) in [6, 6.07) is 8.70. The third kappa shape index (κ3) is 3.09. The first kappa shape index (κ1) is 16.7. The summed E-state index contributed by atoms with van der Waals surface area (Å²) in [7, 11) is 0. The fourth-order valence-electron chi connectivity index (χ4n) is 3.40. The van der Waals surface area contributed by atoms with Gasteiger partial charge in [-0.1, -0.05) is 36.8 Å². The van der Waals surface area contributed by atoms with Gasteiger partial charge in [-0.2, -0.15) is 0 Å². The molecule has 1 unspecified atom stereocenters. The second-order valence-electron chi connectivity index (χ2n) is 7.48. The van der Waals surface area contributed by atoms with Gasteiger partial charge >= 0.3 is 0 Å². The van der Waals surface area contributed by atoms with Crippen LogP contribution in [0.1, 0.15) is 66.5 Å². The quantitative estimate of drug-likeness (QED) is 0.589. The van der Waals surface area contributed by atoms with Crippen molar-refractivity contribution in [2.24, 2.45) is 10.9 Å². The van der Waals surface area contributed by atoms with Crippen molar-refractivity contribution >= 4 is 11.3 Å². The SMILES string of the molecule is CC(=NC(C)(C)C)c1ccccc1C1=C(C)C(C)=C(C)C1C. The van der Waals surface area contributed by atoms with E-state index in [-0.39, 0.29) is 5.54 Å². The minimum absolute atomic E-state index is 0.0496. The molecule has 0 saturated carbocycles. The Morgan fingerprint density at radius 3 is 2.09 bits per heavy atom. The van der Waals surface area contributed by atoms with E-state index in [4.69, 9.17) is 4.99 Å². The topological polar surface area (TPSA) is 12.4 Å². The average molecular weight is 295 g/mol. The molecule has 0 radical (unpaired) electrons. The Labute approximate surface area is 135 Å². The second-order valence-corrected chi connectivity index (χ2v) is 7.48. The maximum atomic E-state index is 4.88. The lowest BCUT2D eigenvalue weighted by atomic mass is 9.87. The van der Waals surface area contributed by atoms with Gasteiger partial charge in [0.05, 0.1) is 5.54 Å². The highest BCUT2D eigenvalue weighted by molar-refractivity contribution is 6.04. The number of hydrogen-bond acceptors (Lipinski definition) is 1. The largest absolute Gasteiger partial charge is 0.284 e. The molecular weight excluding hydrogens is 266 g/mol. The maximum absolute atomic E-state index is 4.88. The van der Waals surface area contributed by atoms with Gasteiger partial charge in [-0.25, -0.2) is 0 Å². The van der Waals surface area contributed by atoms with Crippen molar-refractivity contribution < 1.29 is 0 Å². The van der Waals surface area contributed by atoms with Crippen molar-refractivity contribution in [2.75, 3.05) is 0 Å². The lowest BCUT2D eigenvalue weighted by Gasteiger charge is -2.19. The van der Waals surface area contributed by atoms with Crippen LogP contribution in [-0.2, 0) is 0 Å². The Hall–Kier alpha value is -1.63. The van der Waals surface area contributed by atoms with Gasteiger partial charge in [0, 0.05) is 17.2 Å². The molecule has 1 heteroatoms. The number of hydrogen-bond donors (Lipinski definition) is 0. The molecule has 1 aliphatic carbocycles. The number of benzene rings is 1. The molecule has 1 aliphatic rings. The van der Waals surface area contributed by atoms with Crippen LogP contribution < -0.4 is 0 Å². The predicted molar refractivity (Wildman–Crippen MR) is 98.5 cm³/mol. The predicted octanol–water partition coefficient (Wildman–Crippen LogP) is 6.05. The van der Waals surface area contributed by atoms with E-state index in [1.807, 2.05) is 0 Å². The second kappa shape index (κ2) is 5.87. The number of rotatable bonds is 2. The monoisotopic (exact) mass is 295 g/mol. The minimum atomic E-state index is -0.0496. The summed E-state index contributed by atoms with van der Waals surface area (Å²) in [5.74, 6) is 0.489. The first-order chi connectivity index (χ1) is 10.1. The van der Waals surface area contributed by atoms with Gasteiger partial charge in [0.1, 0.15) is 0 Å². The van der Waals surface area contributed by atoms with E-state index < -0.39 is 0 Å². The number of aliphatic imine (C=N–C) groups is 1. The van der Waals surface area contributed by atoms with Gasteiger partial charge in [-0.15, -0.1) is 0 Å². The zero-order valence-corrected chi connectivity index (χ0v) is 15.3. The highest BCUT2D eigenvalue weighted by Crippen LogP contribution is 2.43. The maximum Gasteiger partial charge on any atom is 0.0527 e. The number of nitrogens with zero attached hydrogens (tertiary/aromatic N) is 1. The van der Waals surface area contributed by atoms with E-state index in [0.717, 1.165) is 5.71 Å². The van der Waals surface area contributed by atoms with E-state index in [1.165, 1.54) is 33.4 Å². The van der Waals surface area contributed by atoms with Crippen molar-refractivity contribution in [3.63, 3.8) is 0 Å². The van der Waals surface area contributed by atoms with E-state index >= 15 is 0 Å². The van der Waals surface area contributed by atoms with Crippen molar-refractivity contribution in [2.45, 2.75) is 60.9 Å². The average Bonchev–Trinajstić information content (AvgIpc) is 2.61. The van der Waals surface area contributed by atoms with Gasteiger partial charge in [-0.05, 0) is 70.7 Å². The molecule has 22 heavy (non-hydrogen) atoms. The van der Waals surface area contributed by atoms with Crippen LogP contribution in [0.25, 0.3) is 5.57 Å². The third-order valence-corrected chi connectivity index (χ3v) is 4.75. The van der Waals surface area contributed by atoms with Gasteiger partial charge in [0.25, 0.3) is 0 Å². The molecular formula is C21H29N. The van der Waals surface area contributed by atoms with Crippen LogP contribution >= 0.6 is 0 Å². The first-order valence-electron chi connectivity index (χ1n) is 8.18. The summed E-state index contributed by atoms with van der Waals surface area (Å²) in [4.78, 5) is 4.88. The molecule has 0 bridgehead atoms. The number of allylic oxidation sites excluding steroid dienone is 4. The summed E-state index contributed by atoms with van der Waals surface area (Å²) in [6.45, 7) is 17.7. The molecule has 118 valence electrons. The van der Waals surface area contributed by atoms with E-state index in [2.05, 4.69) is 79.7 Å². The van der Waals surface area contributed by atoms with Crippen LogP contribution in [0.2, 0.25) is 0 Å². The van der Waals surface area contributed by atoms with Crippen LogP contribution in [0, 0.1) is 5.92 Å². The summed E-state index contributed by atoms with van der Waals surface area (Å²) < 4.78 is 0. The Morgan fingerprint density at radius 2 is 1.59 bits per heavy atom.